The molecule has 1 unspecified atom stereocenters. The number of ether oxygens (including phenoxy) is 1. The summed E-state index contributed by atoms with van der Waals surface area (Å²) < 4.78 is 6.88. The number of para-hydroxylation sites is 1. The Kier molecular flexibility index (Phi) is 7.95. The van der Waals surface area contributed by atoms with Gasteiger partial charge in [-0.05, 0) is 44.3 Å². The van der Waals surface area contributed by atoms with Crippen LogP contribution >= 0.6 is 0 Å². The van der Waals surface area contributed by atoms with E-state index in [1.807, 2.05) is 62.6 Å². The molecule has 2 aromatic carbocycles. The molecular weight excluding hydrogens is 392 g/mol. The van der Waals surface area contributed by atoms with Crippen LogP contribution in [0.5, 0.6) is 5.75 Å². The molecular formula is C24H28N4O3. The zero-order valence-electron chi connectivity index (χ0n) is 17.9. The molecule has 0 fully saturated rings. The fraction of sp³-hybridized carbons (Fsp3) is 0.292. The van der Waals surface area contributed by atoms with Crippen molar-refractivity contribution in [3.8, 4) is 5.75 Å². The maximum atomic E-state index is 12.6. The van der Waals surface area contributed by atoms with E-state index in [2.05, 4.69) is 27.4 Å². The predicted octanol–water partition coefficient (Wildman–Crippen LogP) is 2.22. The number of rotatable bonds is 10. The highest BCUT2D eigenvalue weighted by Crippen LogP contribution is 2.08. The van der Waals surface area contributed by atoms with Gasteiger partial charge in [-0.1, -0.05) is 48.5 Å². The first-order valence-electron chi connectivity index (χ1n) is 10.3. The lowest BCUT2D eigenvalue weighted by Crippen LogP contribution is -2.42. The van der Waals surface area contributed by atoms with Crippen LogP contribution in [-0.2, 0) is 13.0 Å². The summed E-state index contributed by atoms with van der Waals surface area (Å²) in [5, 5.41) is 7.15. The molecule has 1 atom stereocenters. The lowest BCUT2D eigenvalue weighted by molar-refractivity contribution is 0.0933. The largest absolute Gasteiger partial charge is 0.492 e. The van der Waals surface area contributed by atoms with Crippen molar-refractivity contribution in [1.82, 2.24) is 20.0 Å². The second kappa shape index (κ2) is 11.1. The van der Waals surface area contributed by atoms with Gasteiger partial charge in [0.15, 0.2) is 0 Å². The lowest BCUT2D eigenvalue weighted by atomic mass is 10.1. The van der Waals surface area contributed by atoms with E-state index in [1.54, 1.807) is 0 Å². The van der Waals surface area contributed by atoms with Gasteiger partial charge in [-0.2, -0.15) is 5.10 Å². The molecule has 3 aromatic rings. The Hall–Kier alpha value is -3.45. The molecule has 7 heteroatoms. The predicted molar refractivity (Wildman–Crippen MR) is 120 cm³/mol. The molecule has 0 saturated carbocycles. The summed E-state index contributed by atoms with van der Waals surface area (Å²) in [6.45, 7) is 1.00. The molecule has 0 bridgehead atoms. The first-order valence-corrected chi connectivity index (χ1v) is 10.3. The summed E-state index contributed by atoms with van der Waals surface area (Å²) >= 11 is 0. The number of nitrogens with one attached hydrogen (secondary N) is 1. The third-order valence-electron chi connectivity index (χ3n) is 4.96. The van der Waals surface area contributed by atoms with E-state index < -0.39 is 0 Å². The summed E-state index contributed by atoms with van der Waals surface area (Å²) in [7, 11) is 3.98. The van der Waals surface area contributed by atoms with Crippen LogP contribution in [0, 0.1) is 0 Å². The van der Waals surface area contributed by atoms with Crippen molar-refractivity contribution in [2.45, 2.75) is 19.0 Å². The van der Waals surface area contributed by atoms with Crippen molar-refractivity contribution in [3.05, 3.63) is 94.4 Å². The normalized spacial score (nSPS) is 11.8. The second-order valence-corrected chi connectivity index (χ2v) is 7.46. The van der Waals surface area contributed by atoms with Crippen LogP contribution in [0.4, 0.5) is 0 Å². The summed E-state index contributed by atoms with van der Waals surface area (Å²) in [6.07, 6.45) is 0.817. The molecule has 0 aliphatic carbocycles. The monoisotopic (exact) mass is 420 g/mol. The van der Waals surface area contributed by atoms with Gasteiger partial charge in [0.2, 0.25) is 0 Å². The summed E-state index contributed by atoms with van der Waals surface area (Å²) in [5.74, 6) is 0.412. The van der Waals surface area contributed by atoms with Crippen molar-refractivity contribution in [2.75, 3.05) is 27.2 Å². The van der Waals surface area contributed by atoms with Gasteiger partial charge < -0.3 is 15.0 Å². The SMILES string of the molecule is CN(C)C(CNC(=O)c1ccc(=O)n(CCOc2ccccc2)n1)Cc1ccccc1. The summed E-state index contributed by atoms with van der Waals surface area (Å²) in [4.78, 5) is 26.8. The second-order valence-electron chi connectivity index (χ2n) is 7.46. The average molecular weight is 421 g/mol. The molecule has 1 amide bonds. The van der Waals surface area contributed by atoms with Crippen LogP contribution in [0.25, 0.3) is 0 Å². The number of carbonyl (C=O) groups excluding carboxylic acids is 1. The number of amides is 1. The third kappa shape index (κ3) is 6.79. The summed E-state index contributed by atoms with van der Waals surface area (Å²) in [6, 6.07) is 22.5. The number of benzene rings is 2. The van der Waals surface area contributed by atoms with Crippen molar-refractivity contribution in [3.63, 3.8) is 0 Å². The molecule has 3 rings (SSSR count). The molecule has 162 valence electrons. The van der Waals surface area contributed by atoms with Crippen LogP contribution in [0.3, 0.4) is 0 Å². The van der Waals surface area contributed by atoms with Crippen molar-refractivity contribution < 1.29 is 9.53 Å². The van der Waals surface area contributed by atoms with Gasteiger partial charge in [0.1, 0.15) is 18.1 Å². The van der Waals surface area contributed by atoms with Crippen LogP contribution in [0.15, 0.2) is 77.6 Å². The molecule has 1 N–H and O–H groups in total. The maximum Gasteiger partial charge on any atom is 0.271 e. The Morgan fingerprint density at radius 2 is 1.71 bits per heavy atom. The van der Waals surface area contributed by atoms with E-state index in [0.717, 1.165) is 12.2 Å². The number of nitrogens with zero attached hydrogens (tertiary/aromatic N) is 3. The van der Waals surface area contributed by atoms with E-state index in [4.69, 9.17) is 4.74 Å². The van der Waals surface area contributed by atoms with Gasteiger partial charge >= 0.3 is 0 Å². The smallest absolute Gasteiger partial charge is 0.271 e. The Morgan fingerprint density at radius 1 is 1.03 bits per heavy atom. The molecule has 0 aliphatic rings. The lowest BCUT2D eigenvalue weighted by Gasteiger charge is -2.24. The van der Waals surface area contributed by atoms with Crippen molar-refractivity contribution >= 4 is 5.91 Å². The highest BCUT2D eigenvalue weighted by molar-refractivity contribution is 5.92. The van der Waals surface area contributed by atoms with E-state index in [1.165, 1.54) is 22.4 Å². The Morgan fingerprint density at radius 3 is 2.39 bits per heavy atom. The highest BCUT2D eigenvalue weighted by atomic mass is 16.5. The van der Waals surface area contributed by atoms with E-state index in [-0.39, 0.29) is 36.4 Å². The molecule has 0 radical (unpaired) electrons. The third-order valence-corrected chi connectivity index (χ3v) is 4.96. The Labute approximate surface area is 182 Å². The van der Waals surface area contributed by atoms with Gasteiger partial charge in [-0.15, -0.1) is 0 Å². The minimum atomic E-state index is -0.308. The van der Waals surface area contributed by atoms with Crippen LogP contribution in [-0.4, -0.2) is 53.9 Å². The van der Waals surface area contributed by atoms with E-state index in [0.29, 0.717) is 6.54 Å². The fourth-order valence-corrected chi connectivity index (χ4v) is 3.12. The minimum absolute atomic E-state index is 0.136. The molecule has 7 nitrogen and oxygen atoms in total. The standard InChI is InChI=1S/C24H28N4O3/c1-27(2)20(17-19-9-5-3-6-10-19)18-25-24(30)22-13-14-23(29)28(26-22)15-16-31-21-11-7-4-8-12-21/h3-14,20H,15-18H2,1-2H3,(H,25,30). The average Bonchev–Trinajstić information content (AvgIpc) is 2.79. The number of hydrogen-bond acceptors (Lipinski definition) is 5. The molecule has 1 heterocycles. The number of carbonyl (C=O) groups is 1. The quantitative estimate of drug-likeness (QED) is 0.544. The summed E-state index contributed by atoms with van der Waals surface area (Å²) in [5.41, 5.74) is 1.14. The van der Waals surface area contributed by atoms with Gasteiger partial charge in [0, 0.05) is 18.7 Å². The fourth-order valence-electron chi connectivity index (χ4n) is 3.12. The number of aromatic nitrogens is 2. The first kappa shape index (κ1) is 22.2. The van der Waals surface area contributed by atoms with Gasteiger partial charge in [-0.3, -0.25) is 9.59 Å². The Balaban J connectivity index is 1.57. The maximum absolute atomic E-state index is 12.6. The molecule has 31 heavy (non-hydrogen) atoms. The van der Waals surface area contributed by atoms with Crippen molar-refractivity contribution in [1.29, 1.82) is 0 Å². The van der Waals surface area contributed by atoms with Crippen LogP contribution < -0.4 is 15.6 Å². The number of hydrogen-bond donors (Lipinski definition) is 1. The topological polar surface area (TPSA) is 76.5 Å². The van der Waals surface area contributed by atoms with E-state index >= 15 is 0 Å². The van der Waals surface area contributed by atoms with Crippen molar-refractivity contribution in [2.24, 2.45) is 0 Å². The zero-order valence-corrected chi connectivity index (χ0v) is 17.9. The molecule has 0 saturated heterocycles. The molecule has 1 aromatic heterocycles. The first-order chi connectivity index (χ1) is 15.0. The number of likely N-dealkylation sites (N-methyl/N-ethyl adjacent to an activating group) is 1. The van der Waals surface area contributed by atoms with Gasteiger partial charge in [0.05, 0.1) is 6.54 Å². The minimum Gasteiger partial charge on any atom is -0.492 e. The van der Waals surface area contributed by atoms with Crippen LogP contribution in [0.2, 0.25) is 0 Å². The Bertz CT molecular complexity index is 1020. The van der Waals surface area contributed by atoms with Gasteiger partial charge in [-0.25, -0.2) is 4.68 Å². The zero-order chi connectivity index (χ0) is 22.1. The van der Waals surface area contributed by atoms with E-state index in [9.17, 15) is 9.59 Å². The molecule has 0 aliphatic heterocycles. The highest BCUT2D eigenvalue weighted by Gasteiger charge is 2.16. The molecule has 0 spiro atoms. The van der Waals surface area contributed by atoms with Crippen LogP contribution in [0.1, 0.15) is 16.1 Å². The van der Waals surface area contributed by atoms with Gasteiger partial charge in [0.25, 0.3) is 11.5 Å².